The number of amidine groups is 1. The third kappa shape index (κ3) is 3.25. The van der Waals surface area contributed by atoms with Crippen LogP contribution >= 0.6 is 0 Å². The number of rotatable bonds is 3. The average Bonchev–Trinajstić information content (AvgIpc) is 2.34. The summed E-state index contributed by atoms with van der Waals surface area (Å²) in [6, 6.07) is 11.9. The van der Waals surface area contributed by atoms with Crippen molar-refractivity contribution >= 4 is 16.6 Å². The normalized spacial score (nSPS) is 11.5. The van der Waals surface area contributed by atoms with Crippen LogP contribution in [0.1, 0.15) is 26.3 Å². The van der Waals surface area contributed by atoms with Crippen molar-refractivity contribution < 1.29 is 4.74 Å². The molecular weight excluding hydrogens is 236 g/mol. The van der Waals surface area contributed by atoms with Gasteiger partial charge in [0.2, 0.25) is 0 Å². The predicted molar refractivity (Wildman–Crippen MR) is 79.9 cm³/mol. The van der Waals surface area contributed by atoms with E-state index in [4.69, 9.17) is 15.9 Å². The predicted octanol–water partition coefficient (Wildman–Crippen LogP) is 3.55. The molecule has 0 spiro atoms. The fraction of sp³-hybridized carbons (Fsp3) is 0.312. The van der Waals surface area contributed by atoms with Crippen LogP contribution < -0.4 is 10.5 Å². The molecule has 0 atom stereocenters. The number of hydrogen-bond acceptors (Lipinski definition) is 2. The van der Waals surface area contributed by atoms with E-state index >= 15 is 0 Å². The molecule has 0 fully saturated rings. The van der Waals surface area contributed by atoms with Crippen molar-refractivity contribution in [3.05, 3.63) is 42.0 Å². The third-order valence-corrected chi connectivity index (χ3v) is 2.80. The van der Waals surface area contributed by atoms with Gasteiger partial charge in [-0.2, -0.15) is 0 Å². The van der Waals surface area contributed by atoms with Crippen molar-refractivity contribution in [1.29, 1.82) is 5.41 Å². The molecule has 3 heteroatoms. The lowest BCUT2D eigenvalue weighted by atomic mass is 9.98. The van der Waals surface area contributed by atoms with E-state index in [1.807, 2.05) is 36.4 Å². The first-order chi connectivity index (χ1) is 8.87. The smallest absolute Gasteiger partial charge is 0.130 e. The minimum absolute atomic E-state index is 0.0367. The quantitative estimate of drug-likeness (QED) is 0.651. The van der Waals surface area contributed by atoms with Crippen LogP contribution in [0, 0.1) is 10.8 Å². The van der Waals surface area contributed by atoms with E-state index < -0.39 is 0 Å². The molecule has 2 aromatic rings. The molecule has 0 aliphatic heterocycles. The summed E-state index contributed by atoms with van der Waals surface area (Å²) >= 11 is 0. The summed E-state index contributed by atoms with van der Waals surface area (Å²) < 4.78 is 5.85. The Hall–Kier alpha value is -2.03. The van der Waals surface area contributed by atoms with Gasteiger partial charge in [-0.1, -0.05) is 45.0 Å². The van der Waals surface area contributed by atoms with Gasteiger partial charge < -0.3 is 10.5 Å². The van der Waals surface area contributed by atoms with Crippen LogP contribution in [-0.4, -0.2) is 12.4 Å². The SMILES string of the molecule is CC(C)(C)COc1cc2ccccc2cc1C(=N)N. The van der Waals surface area contributed by atoms with Crippen molar-refractivity contribution in [1.82, 2.24) is 0 Å². The summed E-state index contributed by atoms with van der Waals surface area (Å²) in [7, 11) is 0. The molecule has 2 aromatic carbocycles. The first-order valence-corrected chi connectivity index (χ1v) is 6.37. The summed E-state index contributed by atoms with van der Waals surface area (Å²) in [4.78, 5) is 0. The van der Waals surface area contributed by atoms with Crippen LogP contribution in [0.4, 0.5) is 0 Å². The molecule has 3 N–H and O–H groups in total. The van der Waals surface area contributed by atoms with Crippen LogP contribution in [0.5, 0.6) is 5.75 Å². The lowest BCUT2D eigenvalue weighted by Crippen LogP contribution is -2.19. The van der Waals surface area contributed by atoms with Gasteiger partial charge in [-0.25, -0.2) is 0 Å². The number of hydrogen-bond donors (Lipinski definition) is 2. The summed E-state index contributed by atoms with van der Waals surface area (Å²) in [5.74, 6) is 0.718. The number of nitrogens with two attached hydrogens (primary N) is 1. The fourth-order valence-electron chi connectivity index (χ4n) is 1.84. The number of nitrogen functional groups attached to an aromatic ring is 1. The Bertz CT molecular complexity index is 612. The highest BCUT2D eigenvalue weighted by molar-refractivity contribution is 6.02. The average molecular weight is 256 g/mol. The topological polar surface area (TPSA) is 59.1 Å². The van der Waals surface area contributed by atoms with E-state index in [-0.39, 0.29) is 11.3 Å². The van der Waals surface area contributed by atoms with E-state index in [1.165, 1.54) is 0 Å². The second kappa shape index (κ2) is 4.92. The number of ether oxygens (including phenoxy) is 1. The van der Waals surface area contributed by atoms with Gasteiger partial charge in [0.25, 0.3) is 0 Å². The second-order valence-corrected chi connectivity index (χ2v) is 5.96. The lowest BCUT2D eigenvalue weighted by molar-refractivity contribution is 0.198. The maximum Gasteiger partial charge on any atom is 0.130 e. The van der Waals surface area contributed by atoms with Crippen LogP contribution in [-0.2, 0) is 0 Å². The van der Waals surface area contributed by atoms with Gasteiger partial charge in [-0.15, -0.1) is 0 Å². The number of fused-ring (bicyclic) bond motifs is 1. The zero-order chi connectivity index (χ0) is 14.0. The Morgan fingerprint density at radius 1 is 1.16 bits per heavy atom. The summed E-state index contributed by atoms with van der Waals surface area (Å²) in [5, 5.41) is 9.84. The molecule has 0 aliphatic rings. The molecule has 0 heterocycles. The van der Waals surface area contributed by atoms with E-state index in [0.717, 1.165) is 10.8 Å². The van der Waals surface area contributed by atoms with Crippen molar-refractivity contribution in [3.8, 4) is 5.75 Å². The molecular formula is C16H20N2O. The molecule has 0 saturated heterocycles. The maximum absolute atomic E-state index is 7.68. The van der Waals surface area contributed by atoms with Gasteiger partial charge in [-0.05, 0) is 28.3 Å². The second-order valence-electron chi connectivity index (χ2n) is 5.96. The van der Waals surface area contributed by atoms with E-state index in [2.05, 4.69) is 20.8 Å². The van der Waals surface area contributed by atoms with Crippen LogP contribution in [0.2, 0.25) is 0 Å². The van der Waals surface area contributed by atoms with Crippen molar-refractivity contribution in [2.45, 2.75) is 20.8 Å². The molecule has 2 rings (SSSR count). The molecule has 0 saturated carbocycles. The summed E-state index contributed by atoms with van der Waals surface area (Å²) in [6.07, 6.45) is 0. The van der Waals surface area contributed by atoms with Gasteiger partial charge >= 0.3 is 0 Å². The van der Waals surface area contributed by atoms with Gasteiger partial charge in [0.15, 0.2) is 0 Å². The zero-order valence-corrected chi connectivity index (χ0v) is 11.7. The molecule has 0 aromatic heterocycles. The van der Waals surface area contributed by atoms with Crippen LogP contribution in [0.25, 0.3) is 10.8 Å². The minimum atomic E-state index is 0.0367. The van der Waals surface area contributed by atoms with Crippen LogP contribution in [0.15, 0.2) is 36.4 Å². The monoisotopic (exact) mass is 256 g/mol. The Kier molecular flexibility index (Phi) is 3.47. The maximum atomic E-state index is 7.68. The van der Waals surface area contributed by atoms with E-state index in [9.17, 15) is 0 Å². The van der Waals surface area contributed by atoms with Gasteiger partial charge in [0, 0.05) is 0 Å². The lowest BCUT2D eigenvalue weighted by Gasteiger charge is -2.20. The van der Waals surface area contributed by atoms with Gasteiger partial charge in [-0.3, -0.25) is 5.41 Å². The third-order valence-electron chi connectivity index (χ3n) is 2.80. The molecule has 19 heavy (non-hydrogen) atoms. The van der Waals surface area contributed by atoms with Crippen LogP contribution in [0.3, 0.4) is 0 Å². The first-order valence-electron chi connectivity index (χ1n) is 6.37. The van der Waals surface area contributed by atoms with Gasteiger partial charge in [0.05, 0.1) is 12.2 Å². The highest BCUT2D eigenvalue weighted by Crippen LogP contribution is 2.27. The first kappa shape index (κ1) is 13.4. The molecule has 3 nitrogen and oxygen atoms in total. The standard InChI is InChI=1S/C16H20N2O/c1-16(2,3)10-19-14-9-12-7-5-4-6-11(12)8-13(14)15(17)18/h4-9H,10H2,1-3H3,(H3,17,18). The molecule has 0 amide bonds. The molecule has 100 valence electrons. The Labute approximate surface area is 113 Å². The number of benzene rings is 2. The molecule has 0 unspecified atom stereocenters. The number of nitrogens with one attached hydrogen (secondary N) is 1. The molecule has 0 aliphatic carbocycles. The minimum Gasteiger partial charge on any atom is -0.492 e. The highest BCUT2D eigenvalue weighted by Gasteiger charge is 2.14. The highest BCUT2D eigenvalue weighted by atomic mass is 16.5. The Morgan fingerprint density at radius 3 is 2.26 bits per heavy atom. The summed E-state index contributed by atoms with van der Waals surface area (Å²) in [6.45, 7) is 6.93. The summed E-state index contributed by atoms with van der Waals surface area (Å²) in [5.41, 5.74) is 6.37. The largest absolute Gasteiger partial charge is 0.492 e. The van der Waals surface area contributed by atoms with E-state index in [0.29, 0.717) is 17.9 Å². The Morgan fingerprint density at radius 2 is 1.74 bits per heavy atom. The zero-order valence-electron chi connectivity index (χ0n) is 11.7. The van der Waals surface area contributed by atoms with E-state index in [1.54, 1.807) is 0 Å². The van der Waals surface area contributed by atoms with Crippen molar-refractivity contribution in [3.63, 3.8) is 0 Å². The van der Waals surface area contributed by atoms with Gasteiger partial charge in [0.1, 0.15) is 11.6 Å². The molecule has 0 radical (unpaired) electrons. The Balaban J connectivity index is 2.45. The molecule has 0 bridgehead atoms. The van der Waals surface area contributed by atoms with Crippen molar-refractivity contribution in [2.75, 3.05) is 6.61 Å². The van der Waals surface area contributed by atoms with Crippen molar-refractivity contribution in [2.24, 2.45) is 11.1 Å². The fourth-order valence-corrected chi connectivity index (χ4v) is 1.84.